The summed E-state index contributed by atoms with van der Waals surface area (Å²) in [4.78, 5) is 29.7. The van der Waals surface area contributed by atoms with Crippen molar-refractivity contribution in [1.82, 2.24) is 19.9 Å². The molecule has 1 aliphatic rings. The maximum Gasteiger partial charge on any atom is 0.257 e. The second kappa shape index (κ2) is 10.4. The average molecular weight is 648 g/mol. The largest absolute Gasteiger partial charge is 0.361 e. The standard InChI is InChI=1S/C43H45N5O/c1-40(2)31-16-17-32(45-31)41(3,4)34-20-21-36(47-34)43(7,8)38-29(24-37(48-38)42(5,6)35-19-18-33(40)46-35)39(49)44-30-15-11-14-27-22-25-12-9-10-13-26(25)23-28(27)30/h9-24,45-48H,1-8H3,(H,44,49). The fourth-order valence-corrected chi connectivity index (χ4v) is 7.67. The molecule has 0 fully saturated rings. The lowest BCUT2D eigenvalue weighted by molar-refractivity contribution is 0.102. The van der Waals surface area contributed by atoms with E-state index in [-0.39, 0.29) is 16.7 Å². The molecule has 0 radical (unpaired) electrons. The van der Waals surface area contributed by atoms with Crippen LogP contribution in [0.3, 0.4) is 0 Å². The van der Waals surface area contributed by atoms with Gasteiger partial charge in [0.25, 0.3) is 5.91 Å². The summed E-state index contributed by atoms with van der Waals surface area (Å²) in [6.45, 7) is 17.8. The minimum absolute atomic E-state index is 0.140. The smallest absolute Gasteiger partial charge is 0.257 e. The van der Waals surface area contributed by atoms with Crippen LogP contribution in [0.2, 0.25) is 0 Å². The van der Waals surface area contributed by atoms with E-state index in [4.69, 9.17) is 0 Å². The van der Waals surface area contributed by atoms with Crippen LogP contribution in [0.1, 0.15) is 111 Å². The Kier molecular flexibility index (Phi) is 6.58. The van der Waals surface area contributed by atoms with Crippen LogP contribution < -0.4 is 5.32 Å². The summed E-state index contributed by atoms with van der Waals surface area (Å²) >= 11 is 0. The van der Waals surface area contributed by atoms with Gasteiger partial charge in [-0.05, 0) is 132 Å². The molecule has 5 heterocycles. The van der Waals surface area contributed by atoms with Gasteiger partial charge in [0.1, 0.15) is 0 Å². The molecule has 0 unspecified atom stereocenters. The number of amides is 1. The van der Waals surface area contributed by atoms with Gasteiger partial charge in [0, 0.05) is 78.3 Å². The summed E-state index contributed by atoms with van der Waals surface area (Å²) in [6, 6.07) is 34.0. The first-order valence-corrected chi connectivity index (χ1v) is 17.2. The molecular formula is C43H45N5O. The Morgan fingerprint density at radius 3 is 1.45 bits per heavy atom. The second-order valence-corrected chi connectivity index (χ2v) is 16.0. The van der Waals surface area contributed by atoms with Gasteiger partial charge < -0.3 is 25.3 Å². The average Bonchev–Trinajstić information content (AvgIpc) is 3.90. The number of nitrogens with one attached hydrogen (secondary N) is 5. The summed E-state index contributed by atoms with van der Waals surface area (Å²) in [5, 5.41) is 7.75. The lowest BCUT2D eigenvalue weighted by Gasteiger charge is -2.28. The van der Waals surface area contributed by atoms with Gasteiger partial charge in [0.15, 0.2) is 0 Å². The molecule has 0 atom stereocenters. The first-order chi connectivity index (χ1) is 23.2. The quantitative estimate of drug-likeness (QED) is 0.119. The molecule has 248 valence electrons. The Morgan fingerprint density at radius 1 is 0.469 bits per heavy atom. The molecule has 8 bridgehead atoms. The van der Waals surface area contributed by atoms with Crippen molar-refractivity contribution < 1.29 is 4.79 Å². The van der Waals surface area contributed by atoms with Crippen LogP contribution in [-0.4, -0.2) is 25.8 Å². The lowest BCUT2D eigenvalue weighted by Crippen LogP contribution is -2.27. The Hall–Kier alpha value is -5.23. The second-order valence-electron chi connectivity index (χ2n) is 16.0. The fraction of sp³-hybridized carbons (Fsp3) is 0.279. The Labute approximate surface area is 287 Å². The van der Waals surface area contributed by atoms with E-state index in [0.717, 1.165) is 67.4 Å². The van der Waals surface area contributed by atoms with Crippen molar-refractivity contribution in [3.63, 3.8) is 0 Å². The first-order valence-electron chi connectivity index (χ1n) is 17.2. The number of benzene rings is 3. The van der Waals surface area contributed by atoms with Gasteiger partial charge in [-0.1, -0.05) is 36.4 Å². The highest BCUT2D eigenvalue weighted by molar-refractivity contribution is 6.12. The molecule has 1 amide bonds. The van der Waals surface area contributed by atoms with Gasteiger partial charge in [0.2, 0.25) is 0 Å². The number of H-pyrrole nitrogens is 4. The predicted octanol–water partition coefficient (Wildman–Crippen LogP) is 10.2. The third-order valence-electron chi connectivity index (χ3n) is 11.5. The van der Waals surface area contributed by atoms with E-state index < -0.39 is 10.8 Å². The molecular weight excluding hydrogens is 603 g/mol. The third-order valence-corrected chi connectivity index (χ3v) is 11.5. The summed E-state index contributed by atoms with van der Waals surface area (Å²) < 4.78 is 0. The zero-order chi connectivity index (χ0) is 34.5. The number of carbonyl (C=O) groups is 1. The van der Waals surface area contributed by atoms with Crippen molar-refractivity contribution >= 4 is 33.1 Å². The monoisotopic (exact) mass is 647 g/mol. The predicted molar refractivity (Wildman–Crippen MR) is 201 cm³/mol. The third kappa shape index (κ3) is 4.72. The molecule has 7 aromatic rings. The van der Waals surface area contributed by atoms with Crippen molar-refractivity contribution in [1.29, 1.82) is 0 Å². The van der Waals surface area contributed by atoms with Gasteiger partial charge >= 0.3 is 0 Å². The van der Waals surface area contributed by atoms with Gasteiger partial charge in [-0.25, -0.2) is 0 Å². The highest BCUT2D eigenvalue weighted by Crippen LogP contribution is 2.42. The van der Waals surface area contributed by atoms with Gasteiger partial charge in [-0.3, -0.25) is 4.79 Å². The number of aromatic nitrogens is 4. The minimum atomic E-state index is -0.550. The van der Waals surface area contributed by atoms with Crippen LogP contribution in [-0.2, 0) is 21.7 Å². The number of hydrogen-bond donors (Lipinski definition) is 5. The Bertz CT molecular complexity index is 2400. The Morgan fingerprint density at radius 2 is 0.918 bits per heavy atom. The van der Waals surface area contributed by atoms with E-state index in [2.05, 4.69) is 160 Å². The number of anilines is 1. The summed E-state index contributed by atoms with van der Waals surface area (Å²) in [6.07, 6.45) is 0. The van der Waals surface area contributed by atoms with E-state index in [0.29, 0.717) is 5.56 Å². The SMILES string of the molecule is CC1(C)c2ccc([nH]2)C(C)(C)c2ccc([nH]2)C(C)(C)c2[nH]c(cc2C(=O)Nc2cccc3cc4ccccc4cc23)C(C)(C)c2ccc1[nH]2. The normalized spacial score (nSPS) is 17.3. The van der Waals surface area contributed by atoms with Crippen molar-refractivity contribution in [2.24, 2.45) is 0 Å². The molecule has 1 aliphatic heterocycles. The molecule has 6 nitrogen and oxygen atoms in total. The maximum absolute atomic E-state index is 14.6. The van der Waals surface area contributed by atoms with Crippen molar-refractivity contribution in [2.75, 3.05) is 5.32 Å². The maximum atomic E-state index is 14.6. The summed E-state index contributed by atoms with van der Waals surface area (Å²) in [7, 11) is 0. The number of aromatic amines is 4. The van der Waals surface area contributed by atoms with E-state index in [1.165, 1.54) is 5.39 Å². The van der Waals surface area contributed by atoms with Crippen molar-refractivity contribution in [3.05, 3.63) is 148 Å². The molecule has 0 saturated heterocycles. The summed E-state index contributed by atoms with van der Waals surface area (Å²) in [5.41, 5.74) is 8.33. The highest BCUT2D eigenvalue weighted by Gasteiger charge is 2.38. The van der Waals surface area contributed by atoms with E-state index in [1.807, 2.05) is 18.2 Å². The van der Waals surface area contributed by atoms with Crippen LogP contribution in [0.4, 0.5) is 5.69 Å². The van der Waals surface area contributed by atoms with E-state index in [9.17, 15) is 4.79 Å². The molecule has 4 aromatic heterocycles. The molecule has 8 rings (SSSR count). The van der Waals surface area contributed by atoms with Gasteiger partial charge in [-0.15, -0.1) is 0 Å². The topological polar surface area (TPSA) is 92.3 Å². The van der Waals surface area contributed by atoms with Gasteiger partial charge in [-0.2, -0.15) is 0 Å². The van der Waals surface area contributed by atoms with Crippen LogP contribution >= 0.6 is 0 Å². The van der Waals surface area contributed by atoms with Crippen molar-refractivity contribution in [3.8, 4) is 0 Å². The number of rotatable bonds is 2. The van der Waals surface area contributed by atoms with Crippen LogP contribution in [0.15, 0.2) is 97.1 Å². The van der Waals surface area contributed by atoms with Crippen LogP contribution in [0, 0.1) is 0 Å². The number of carbonyl (C=O) groups excluding carboxylic acids is 1. The highest BCUT2D eigenvalue weighted by atomic mass is 16.1. The molecule has 0 saturated carbocycles. The van der Waals surface area contributed by atoms with E-state index in [1.54, 1.807) is 0 Å². The first kappa shape index (κ1) is 31.1. The Balaban J connectivity index is 1.29. The molecule has 49 heavy (non-hydrogen) atoms. The zero-order valence-corrected chi connectivity index (χ0v) is 29.6. The van der Waals surface area contributed by atoms with E-state index >= 15 is 0 Å². The lowest BCUT2D eigenvalue weighted by atomic mass is 9.83. The fourth-order valence-electron chi connectivity index (χ4n) is 7.67. The molecule has 6 heteroatoms. The molecule has 3 aromatic carbocycles. The zero-order valence-electron chi connectivity index (χ0n) is 29.6. The molecule has 0 spiro atoms. The van der Waals surface area contributed by atoms with Crippen molar-refractivity contribution in [2.45, 2.75) is 77.0 Å². The number of hydrogen-bond acceptors (Lipinski definition) is 1. The molecule has 0 aliphatic carbocycles. The number of fused-ring (bicyclic) bond motifs is 10. The minimum Gasteiger partial charge on any atom is -0.361 e. The van der Waals surface area contributed by atoms with Crippen LogP contribution in [0.5, 0.6) is 0 Å². The summed E-state index contributed by atoms with van der Waals surface area (Å²) in [5.74, 6) is -0.140. The van der Waals surface area contributed by atoms with Gasteiger partial charge in [0.05, 0.1) is 5.56 Å². The van der Waals surface area contributed by atoms with Crippen LogP contribution in [0.25, 0.3) is 21.5 Å². The molecule has 5 N–H and O–H groups in total.